The minimum Gasteiger partial charge on any atom is -0.492 e. The molecule has 2 amide bonds. The van der Waals surface area contributed by atoms with Crippen LogP contribution in [0.4, 0.5) is 5.69 Å². The molecule has 0 aliphatic heterocycles. The fourth-order valence-corrected chi connectivity index (χ4v) is 2.08. The molecule has 0 fully saturated rings. The summed E-state index contributed by atoms with van der Waals surface area (Å²) in [7, 11) is 0. The summed E-state index contributed by atoms with van der Waals surface area (Å²) in [6.45, 7) is 2.53. The predicted octanol–water partition coefficient (Wildman–Crippen LogP) is 3.04. The van der Waals surface area contributed by atoms with Crippen LogP contribution in [0, 0.1) is 0 Å². The van der Waals surface area contributed by atoms with E-state index in [4.69, 9.17) is 16.3 Å². The van der Waals surface area contributed by atoms with Crippen molar-refractivity contribution in [2.45, 2.75) is 13.3 Å². The average Bonchev–Trinajstić information content (AvgIpc) is 2.60. The predicted molar refractivity (Wildman–Crippen MR) is 94.4 cm³/mol. The van der Waals surface area contributed by atoms with E-state index in [0.717, 1.165) is 12.0 Å². The van der Waals surface area contributed by atoms with Gasteiger partial charge in [0.15, 0.2) is 0 Å². The van der Waals surface area contributed by atoms with Crippen LogP contribution < -0.4 is 15.4 Å². The highest BCUT2D eigenvalue weighted by molar-refractivity contribution is 6.39. The van der Waals surface area contributed by atoms with Gasteiger partial charge in [-0.25, -0.2) is 0 Å². The van der Waals surface area contributed by atoms with Crippen molar-refractivity contribution in [3.05, 3.63) is 59.1 Å². The van der Waals surface area contributed by atoms with Crippen LogP contribution in [0.5, 0.6) is 5.75 Å². The molecule has 126 valence electrons. The van der Waals surface area contributed by atoms with Crippen molar-refractivity contribution in [2.24, 2.45) is 0 Å². The molecule has 2 aromatic rings. The number of anilines is 1. The Hall–Kier alpha value is -2.53. The monoisotopic (exact) mass is 346 g/mol. The second-order valence-electron chi connectivity index (χ2n) is 5.06. The summed E-state index contributed by atoms with van der Waals surface area (Å²) in [5, 5.41) is 5.68. The molecular weight excluding hydrogens is 328 g/mol. The molecule has 5 nitrogen and oxygen atoms in total. The number of halogens is 1. The van der Waals surface area contributed by atoms with E-state index < -0.39 is 11.8 Å². The molecule has 2 aromatic carbocycles. The van der Waals surface area contributed by atoms with Crippen LogP contribution >= 0.6 is 11.6 Å². The average molecular weight is 347 g/mol. The minimum absolute atomic E-state index is 0.226. The molecule has 2 rings (SSSR count). The van der Waals surface area contributed by atoms with E-state index in [1.165, 1.54) is 0 Å². The van der Waals surface area contributed by atoms with Crippen LogP contribution in [-0.2, 0) is 16.0 Å². The van der Waals surface area contributed by atoms with Crippen LogP contribution in [0.1, 0.15) is 12.5 Å². The van der Waals surface area contributed by atoms with Crippen molar-refractivity contribution in [3.63, 3.8) is 0 Å². The maximum Gasteiger partial charge on any atom is 0.313 e. The molecule has 0 unspecified atom stereocenters. The Labute approximate surface area is 146 Å². The Morgan fingerprint density at radius 2 is 1.67 bits per heavy atom. The zero-order valence-corrected chi connectivity index (χ0v) is 14.1. The third-order valence-corrected chi connectivity index (χ3v) is 3.55. The number of carbonyl (C=O) groups excluding carboxylic acids is 2. The van der Waals surface area contributed by atoms with E-state index in [1.54, 1.807) is 36.4 Å². The SMILES string of the molecule is CCc1ccc(NC(=O)C(=O)NCCOc2ccc(Cl)cc2)cc1. The Balaban J connectivity index is 1.71. The van der Waals surface area contributed by atoms with Crippen molar-refractivity contribution in [1.82, 2.24) is 5.32 Å². The van der Waals surface area contributed by atoms with Gasteiger partial charge in [-0.3, -0.25) is 9.59 Å². The highest BCUT2D eigenvalue weighted by Gasteiger charge is 2.12. The van der Waals surface area contributed by atoms with E-state index >= 15 is 0 Å². The number of benzene rings is 2. The van der Waals surface area contributed by atoms with Gasteiger partial charge in [-0.05, 0) is 48.4 Å². The van der Waals surface area contributed by atoms with E-state index in [2.05, 4.69) is 10.6 Å². The molecule has 0 aliphatic rings. The van der Waals surface area contributed by atoms with Crippen LogP contribution in [0.2, 0.25) is 5.02 Å². The van der Waals surface area contributed by atoms with Crippen LogP contribution in [0.15, 0.2) is 48.5 Å². The lowest BCUT2D eigenvalue weighted by Crippen LogP contribution is -2.37. The van der Waals surface area contributed by atoms with Crippen molar-refractivity contribution in [3.8, 4) is 5.75 Å². The highest BCUT2D eigenvalue weighted by atomic mass is 35.5. The quantitative estimate of drug-likeness (QED) is 0.624. The standard InChI is InChI=1S/C18H19ClN2O3/c1-2-13-3-7-15(8-4-13)21-18(23)17(22)20-11-12-24-16-9-5-14(19)6-10-16/h3-10H,2,11-12H2,1H3,(H,20,22)(H,21,23). The first-order chi connectivity index (χ1) is 11.6. The zero-order chi connectivity index (χ0) is 17.4. The molecule has 2 N–H and O–H groups in total. The first kappa shape index (κ1) is 17.8. The molecule has 6 heteroatoms. The molecule has 0 aliphatic carbocycles. The van der Waals surface area contributed by atoms with Gasteiger partial charge in [-0.2, -0.15) is 0 Å². The summed E-state index contributed by atoms with van der Waals surface area (Å²) >= 11 is 5.78. The molecule has 0 saturated heterocycles. The van der Waals surface area contributed by atoms with Gasteiger partial charge in [-0.1, -0.05) is 30.7 Å². The molecule has 0 spiro atoms. The Kier molecular flexibility index (Phi) is 6.63. The Morgan fingerprint density at radius 3 is 2.29 bits per heavy atom. The number of aryl methyl sites for hydroxylation is 1. The third-order valence-electron chi connectivity index (χ3n) is 3.30. The summed E-state index contributed by atoms with van der Waals surface area (Å²) in [6, 6.07) is 14.3. The zero-order valence-electron chi connectivity index (χ0n) is 13.3. The highest BCUT2D eigenvalue weighted by Crippen LogP contribution is 2.15. The van der Waals surface area contributed by atoms with Crippen molar-refractivity contribution in [2.75, 3.05) is 18.5 Å². The molecule has 24 heavy (non-hydrogen) atoms. The second kappa shape index (κ2) is 8.93. The molecule has 0 atom stereocenters. The van der Waals surface area contributed by atoms with Gasteiger partial charge in [0.1, 0.15) is 12.4 Å². The number of nitrogens with one attached hydrogen (secondary N) is 2. The normalized spacial score (nSPS) is 10.1. The molecule has 0 aromatic heterocycles. The second-order valence-corrected chi connectivity index (χ2v) is 5.50. The fraction of sp³-hybridized carbons (Fsp3) is 0.222. The maximum absolute atomic E-state index is 11.8. The lowest BCUT2D eigenvalue weighted by molar-refractivity contribution is -0.136. The lowest BCUT2D eigenvalue weighted by Gasteiger charge is -2.08. The lowest BCUT2D eigenvalue weighted by atomic mass is 10.1. The number of hydrogen-bond donors (Lipinski definition) is 2. The first-order valence-electron chi connectivity index (χ1n) is 7.65. The summed E-state index contributed by atoms with van der Waals surface area (Å²) in [4.78, 5) is 23.5. The van der Waals surface area contributed by atoms with E-state index in [1.807, 2.05) is 19.1 Å². The van der Waals surface area contributed by atoms with Crippen LogP contribution in [0.3, 0.4) is 0 Å². The van der Waals surface area contributed by atoms with Gasteiger partial charge in [0, 0.05) is 10.7 Å². The van der Waals surface area contributed by atoms with Gasteiger partial charge in [0.05, 0.1) is 6.54 Å². The van der Waals surface area contributed by atoms with Gasteiger partial charge < -0.3 is 15.4 Å². The molecule has 0 radical (unpaired) electrons. The van der Waals surface area contributed by atoms with Crippen molar-refractivity contribution < 1.29 is 14.3 Å². The van der Waals surface area contributed by atoms with Crippen molar-refractivity contribution in [1.29, 1.82) is 0 Å². The summed E-state index contributed by atoms with van der Waals surface area (Å²) in [6.07, 6.45) is 0.919. The van der Waals surface area contributed by atoms with E-state index in [0.29, 0.717) is 16.5 Å². The topological polar surface area (TPSA) is 67.4 Å². The third kappa shape index (κ3) is 5.59. The van der Waals surface area contributed by atoms with Gasteiger partial charge in [-0.15, -0.1) is 0 Å². The first-order valence-corrected chi connectivity index (χ1v) is 8.02. The minimum atomic E-state index is -0.703. The molecule has 0 heterocycles. The van der Waals surface area contributed by atoms with Crippen LogP contribution in [-0.4, -0.2) is 25.0 Å². The summed E-state index contributed by atoms with van der Waals surface area (Å²) in [5.41, 5.74) is 1.75. The van der Waals surface area contributed by atoms with Crippen molar-refractivity contribution >= 4 is 29.1 Å². The van der Waals surface area contributed by atoms with Crippen LogP contribution in [0.25, 0.3) is 0 Å². The smallest absolute Gasteiger partial charge is 0.313 e. The number of ether oxygens (including phenoxy) is 1. The summed E-state index contributed by atoms with van der Waals surface area (Å²) < 4.78 is 5.43. The summed E-state index contributed by atoms with van der Waals surface area (Å²) in [5.74, 6) is -0.755. The Morgan fingerprint density at radius 1 is 1.00 bits per heavy atom. The van der Waals surface area contributed by atoms with Gasteiger partial charge >= 0.3 is 11.8 Å². The van der Waals surface area contributed by atoms with E-state index in [-0.39, 0.29) is 13.2 Å². The fourth-order valence-electron chi connectivity index (χ4n) is 1.96. The van der Waals surface area contributed by atoms with Gasteiger partial charge in [0.2, 0.25) is 0 Å². The van der Waals surface area contributed by atoms with E-state index in [9.17, 15) is 9.59 Å². The van der Waals surface area contributed by atoms with Gasteiger partial charge in [0.25, 0.3) is 0 Å². The Bertz CT molecular complexity index is 684. The molecule has 0 saturated carbocycles. The maximum atomic E-state index is 11.8. The molecular formula is C18H19ClN2O3. The number of rotatable bonds is 6. The number of carbonyl (C=O) groups is 2. The largest absolute Gasteiger partial charge is 0.492 e. The number of amides is 2. The number of hydrogen-bond acceptors (Lipinski definition) is 3. The molecule has 0 bridgehead atoms.